The molecule has 0 aliphatic rings. The third kappa shape index (κ3) is 3.99. The average Bonchev–Trinajstić information content (AvgIpc) is 2.45. The first-order valence-corrected chi connectivity index (χ1v) is 6.60. The zero-order valence-electron chi connectivity index (χ0n) is 11.5. The molecule has 0 bridgehead atoms. The Labute approximate surface area is 114 Å². The molecule has 102 valence electrons. The van der Waals surface area contributed by atoms with Crippen LogP contribution in [0.4, 0.5) is 5.69 Å². The highest BCUT2D eigenvalue weighted by Gasteiger charge is 2.39. The van der Waals surface area contributed by atoms with Crippen LogP contribution in [0.15, 0.2) is 30.3 Å². The number of unbranched alkanes of at least 4 members (excludes halogenated alkanes) is 1. The highest BCUT2D eigenvalue weighted by molar-refractivity contribution is 5.88. The molecule has 0 heterocycles. The monoisotopic (exact) mass is 260 g/mol. The minimum Gasteiger partial charge on any atom is -0.463 e. The molecule has 1 aromatic rings. The van der Waals surface area contributed by atoms with E-state index >= 15 is 0 Å². The van der Waals surface area contributed by atoms with Gasteiger partial charge in [-0.2, -0.15) is 5.26 Å². The van der Waals surface area contributed by atoms with E-state index in [9.17, 15) is 10.1 Å². The Morgan fingerprint density at radius 3 is 2.58 bits per heavy atom. The van der Waals surface area contributed by atoms with Crippen LogP contribution in [0.5, 0.6) is 0 Å². The summed E-state index contributed by atoms with van der Waals surface area (Å²) in [6.07, 6.45) is 2.14. The van der Waals surface area contributed by atoms with Crippen LogP contribution in [-0.4, -0.2) is 18.1 Å². The number of nitrogens with zero attached hydrogens (tertiary/aromatic N) is 1. The third-order valence-electron chi connectivity index (χ3n) is 2.85. The van der Waals surface area contributed by atoms with Gasteiger partial charge < -0.3 is 10.1 Å². The van der Waals surface area contributed by atoms with Crippen molar-refractivity contribution in [3.63, 3.8) is 0 Å². The Hall–Kier alpha value is -2.02. The van der Waals surface area contributed by atoms with Gasteiger partial charge in [-0.15, -0.1) is 0 Å². The lowest BCUT2D eigenvalue weighted by Crippen LogP contribution is -2.46. The first-order chi connectivity index (χ1) is 9.18. The Morgan fingerprint density at radius 1 is 1.37 bits per heavy atom. The van der Waals surface area contributed by atoms with Gasteiger partial charge in [0.25, 0.3) is 0 Å². The Kier molecular flexibility index (Phi) is 5.87. The van der Waals surface area contributed by atoms with Crippen LogP contribution in [0.2, 0.25) is 0 Å². The zero-order valence-corrected chi connectivity index (χ0v) is 11.5. The normalized spacial score (nSPS) is 13.1. The number of carbonyl (C=O) groups excluding carboxylic acids is 1. The van der Waals surface area contributed by atoms with E-state index < -0.39 is 11.5 Å². The molecule has 0 aliphatic carbocycles. The van der Waals surface area contributed by atoms with Gasteiger partial charge in [-0.3, -0.25) is 0 Å². The number of carbonyl (C=O) groups is 1. The van der Waals surface area contributed by atoms with Crippen LogP contribution in [0, 0.1) is 11.3 Å². The summed E-state index contributed by atoms with van der Waals surface area (Å²) >= 11 is 0. The molecule has 0 amide bonds. The van der Waals surface area contributed by atoms with Crippen molar-refractivity contribution < 1.29 is 9.53 Å². The molecule has 0 saturated carbocycles. The molecule has 0 radical (unpaired) electrons. The van der Waals surface area contributed by atoms with Crippen molar-refractivity contribution in [2.24, 2.45) is 0 Å². The average molecular weight is 260 g/mol. The van der Waals surface area contributed by atoms with E-state index in [4.69, 9.17) is 4.74 Å². The highest BCUT2D eigenvalue weighted by Crippen LogP contribution is 2.22. The standard InChI is InChI=1S/C15H20N2O2/c1-3-5-11-15(12-16,14(18)19-4-2)17-13-9-7-6-8-10-13/h6-10,17H,3-5,11H2,1-2H3. The molecule has 0 fully saturated rings. The van der Waals surface area contributed by atoms with E-state index in [1.54, 1.807) is 6.92 Å². The van der Waals surface area contributed by atoms with Crippen molar-refractivity contribution in [1.29, 1.82) is 5.26 Å². The number of hydrogen-bond acceptors (Lipinski definition) is 4. The molecular weight excluding hydrogens is 240 g/mol. The van der Waals surface area contributed by atoms with Crippen LogP contribution >= 0.6 is 0 Å². The van der Waals surface area contributed by atoms with Crippen molar-refractivity contribution in [2.75, 3.05) is 11.9 Å². The van der Waals surface area contributed by atoms with E-state index in [1.807, 2.05) is 37.3 Å². The van der Waals surface area contributed by atoms with Gasteiger partial charge in [0.15, 0.2) is 0 Å². The number of esters is 1. The van der Waals surface area contributed by atoms with Gasteiger partial charge in [0.2, 0.25) is 5.54 Å². The number of anilines is 1. The molecule has 1 N–H and O–H groups in total. The second-order valence-electron chi connectivity index (χ2n) is 4.33. The summed E-state index contributed by atoms with van der Waals surface area (Å²) in [4.78, 5) is 12.1. The summed E-state index contributed by atoms with van der Waals surface area (Å²) in [5.41, 5.74) is -0.555. The van der Waals surface area contributed by atoms with E-state index in [1.165, 1.54) is 0 Å². The van der Waals surface area contributed by atoms with Crippen molar-refractivity contribution in [1.82, 2.24) is 0 Å². The minimum absolute atomic E-state index is 0.269. The Bertz CT molecular complexity index is 439. The van der Waals surface area contributed by atoms with Gasteiger partial charge in [0.05, 0.1) is 6.61 Å². The fourth-order valence-corrected chi connectivity index (χ4v) is 1.81. The lowest BCUT2D eigenvalue weighted by molar-refractivity contribution is -0.146. The third-order valence-corrected chi connectivity index (χ3v) is 2.85. The lowest BCUT2D eigenvalue weighted by Gasteiger charge is -2.26. The molecule has 4 heteroatoms. The molecular formula is C15H20N2O2. The van der Waals surface area contributed by atoms with E-state index in [2.05, 4.69) is 11.4 Å². The van der Waals surface area contributed by atoms with E-state index in [0.717, 1.165) is 18.5 Å². The second kappa shape index (κ2) is 7.42. The molecule has 4 nitrogen and oxygen atoms in total. The maximum absolute atomic E-state index is 12.1. The van der Waals surface area contributed by atoms with Crippen molar-refractivity contribution in [2.45, 2.75) is 38.6 Å². The Balaban J connectivity index is 2.96. The summed E-state index contributed by atoms with van der Waals surface area (Å²) in [6, 6.07) is 11.4. The van der Waals surface area contributed by atoms with Gasteiger partial charge in [-0.1, -0.05) is 31.5 Å². The number of nitrogens with one attached hydrogen (secondary N) is 1. The second-order valence-corrected chi connectivity index (χ2v) is 4.33. The maximum atomic E-state index is 12.1. The molecule has 1 aromatic carbocycles. The molecule has 0 saturated heterocycles. The molecule has 1 unspecified atom stereocenters. The molecule has 0 aliphatic heterocycles. The fraction of sp³-hybridized carbons (Fsp3) is 0.467. The zero-order chi connectivity index (χ0) is 14.1. The number of ether oxygens (including phenoxy) is 1. The Morgan fingerprint density at radius 2 is 2.05 bits per heavy atom. The van der Waals surface area contributed by atoms with E-state index in [-0.39, 0.29) is 6.61 Å². The number of hydrogen-bond donors (Lipinski definition) is 1. The first-order valence-electron chi connectivity index (χ1n) is 6.60. The largest absolute Gasteiger partial charge is 0.463 e. The molecule has 0 aromatic heterocycles. The first kappa shape index (κ1) is 15.0. The van der Waals surface area contributed by atoms with Gasteiger partial charge in [0.1, 0.15) is 6.07 Å². The maximum Gasteiger partial charge on any atom is 0.346 e. The van der Waals surface area contributed by atoms with Crippen molar-refractivity contribution >= 4 is 11.7 Å². The number of rotatable bonds is 7. The quantitative estimate of drug-likeness (QED) is 0.765. The van der Waals surface area contributed by atoms with Crippen molar-refractivity contribution in [3.8, 4) is 6.07 Å². The topological polar surface area (TPSA) is 62.1 Å². The fourth-order valence-electron chi connectivity index (χ4n) is 1.81. The summed E-state index contributed by atoms with van der Waals surface area (Å²) in [6.45, 7) is 4.03. The van der Waals surface area contributed by atoms with Crippen LogP contribution in [0.25, 0.3) is 0 Å². The summed E-state index contributed by atoms with van der Waals surface area (Å²) in [7, 11) is 0. The summed E-state index contributed by atoms with van der Waals surface area (Å²) in [5, 5.41) is 12.5. The highest BCUT2D eigenvalue weighted by atomic mass is 16.5. The van der Waals surface area contributed by atoms with E-state index in [0.29, 0.717) is 6.42 Å². The number of nitriles is 1. The molecule has 1 rings (SSSR count). The SMILES string of the molecule is CCCCC(C#N)(Nc1ccccc1)C(=O)OCC. The summed E-state index contributed by atoms with van der Waals surface area (Å²) in [5.74, 6) is -0.505. The van der Waals surface area contributed by atoms with Crippen LogP contribution in [0.3, 0.4) is 0 Å². The predicted molar refractivity (Wildman–Crippen MR) is 74.6 cm³/mol. The van der Waals surface area contributed by atoms with Gasteiger partial charge in [-0.25, -0.2) is 4.79 Å². The van der Waals surface area contributed by atoms with Crippen molar-refractivity contribution in [3.05, 3.63) is 30.3 Å². The predicted octanol–water partition coefficient (Wildman–Crippen LogP) is 3.11. The number of benzene rings is 1. The van der Waals surface area contributed by atoms with Gasteiger partial charge >= 0.3 is 5.97 Å². The summed E-state index contributed by atoms with van der Waals surface area (Å²) < 4.78 is 5.04. The number of para-hydroxylation sites is 1. The van der Waals surface area contributed by atoms with Crippen LogP contribution < -0.4 is 5.32 Å². The van der Waals surface area contributed by atoms with Gasteiger partial charge in [-0.05, 0) is 31.9 Å². The molecule has 19 heavy (non-hydrogen) atoms. The molecule has 0 spiro atoms. The van der Waals surface area contributed by atoms with Gasteiger partial charge in [0, 0.05) is 5.69 Å². The molecule has 1 atom stereocenters. The van der Waals surface area contributed by atoms with Crippen LogP contribution in [-0.2, 0) is 9.53 Å². The van der Waals surface area contributed by atoms with Crippen LogP contribution in [0.1, 0.15) is 33.1 Å². The minimum atomic E-state index is -1.30. The lowest BCUT2D eigenvalue weighted by atomic mass is 9.93. The smallest absolute Gasteiger partial charge is 0.346 e.